The Balaban J connectivity index is 1.18. The molecule has 0 amide bonds. The van der Waals surface area contributed by atoms with E-state index in [4.69, 9.17) is 32.5 Å². The molecule has 3 aromatic rings. The van der Waals surface area contributed by atoms with E-state index in [0.29, 0.717) is 36.5 Å². The van der Waals surface area contributed by atoms with Crippen molar-refractivity contribution in [1.29, 1.82) is 0 Å². The highest BCUT2D eigenvalue weighted by Crippen LogP contribution is 2.64. The number of aliphatic imine (C=N–C) groups is 1. The minimum atomic E-state index is -4.03. The molecule has 7 heterocycles. The average molecular weight is 801 g/mol. The number of carbonyl (C=O) groups excluding carboxylic acids is 1. The maximum atomic E-state index is 14.7. The van der Waals surface area contributed by atoms with Crippen molar-refractivity contribution in [2.75, 3.05) is 38.4 Å². The van der Waals surface area contributed by atoms with Gasteiger partial charge in [0.25, 0.3) is 5.56 Å². The van der Waals surface area contributed by atoms with Crippen molar-refractivity contribution >= 4 is 66.2 Å². The second-order valence-electron chi connectivity index (χ2n) is 13.7. The molecular formula is C30H42N8O10P2S2. The maximum absolute atomic E-state index is 14.7. The van der Waals surface area contributed by atoms with Crippen LogP contribution in [0.15, 0.2) is 28.8 Å². The number of fused-ring (bicyclic) bond motifs is 4. The molecule has 0 aliphatic carbocycles. The molecule has 0 radical (unpaired) electrons. The number of nitrogens with zero attached hydrogens (tertiary/aromatic N) is 6. The number of carbonyl (C=O) groups is 1. The fourth-order valence-electron chi connectivity index (χ4n) is 6.39. The number of rotatable bonds is 8. The molecule has 4 aliphatic rings. The third-order valence-electron chi connectivity index (χ3n) is 9.17. The van der Waals surface area contributed by atoms with Gasteiger partial charge in [0.15, 0.2) is 17.0 Å². The highest BCUT2D eigenvalue weighted by Gasteiger charge is 2.49. The summed E-state index contributed by atoms with van der Waals surface area (Å²) in [5.41, 5.74) is 0.255. The third-order valence-corrected chi connectivity index (χ3v) is 16.3. The zero-order valence-electron chi connectivity index (χ0n) is 29.3. The summed E-state index contributed by atoms with van der Waals surface area (Å²) < 4.78 is 61.7. The van der Waals surface area contributed by atoms with Gasteiger partial charge in [-0.05, 0) is 20.8 Å². The van der Waals surface area contributed by atoms with E-state index in [1.54, 1.807) is 62.8 Å². The van der Waals surface area contributed by atoms with Crippen LogP contribution in [0.3, 0.4) is 0 Å². The minimum Gasteiger partial charge on any atom is -0.454 e. The number of H-pyrrole nitrogens is 1. The van der Waals surface area contributed by atoms with E-state index in [-0.39, 0.29) is 42.1 Å². The van der Waals surface area contributed by atoms with Gasteiger partial charge in [-0.25, -0.2) is 24.5 Å². The van der Waals surface area contributed by atoms with E-state index >= 15 is 0 Å². The Hall–Kier alpha value is -2.38. The van der Waals surface area contributed by atoms with Crippen LogP contribution in [-0.2, 0) is 48.4 Å². The standard InChI is InChI=1S/C30H42N8O10P2S2/c1-17-18-10-49(51-15-42-5)44-8-22-20(6-23(46-22)37-13-35-19-7-31-11-32-25(19)37)48-50(41,52-16-43-29(40)30(2,3)4)45-9-21(18)47-28(17)38-14-36-24-26(38)33-12-34-27(24)39/h11-14,17-18,20-23,28H,6-10,15-16H2,1-5H3,(H,31,32)(H,33,34,39)/t17?,18-,20-,21?,22?,23?,28?,49?,50?/m0/s1. The number of imidazole rings is 2. The smallest absolute Gasteiger partial charge is 0.392 e. The number of ether oxygens (including phenoxy) is 4. The molecule has 0 spiro atoms. The Morgan fingerprint density at radius 2 is 1.94 bits per heavy atom. The summed E-state index contributed by atoms with van der Waals surface area (Å²) in [7, 11) is 0.491. The lowest BCUT2D eigenvalue weighted by molar-refractivity contribution is -0.150. The molecule has 9 atom stereocenters. The molecule has 22 heteroatoms. The van der Waals surface area contributed by atoms with E-state index in [1.165, 1.54) is 6.33 Å². The Kier molecular flexibility index (Phi) is 11.5. The molecule has 2 N–H and O–H groups in total. The third kappa shape index (κ3) is 8.02. The largest absolute Gasteiger partial charge is 0.454 e. The molecular weight excluding hydrogens is 758 g/mol. The van der Waals surface area contributed by atoms with Gasteiger partial charge in [0.05, 0.1) is 69.9 Å². The maximum Gasteiger partial charge on any atom is 0.392 e. The molecule has 3 saturated heterocycles. The number of esters is 1. The van der Waals surface area contributed by atoms with E-state index < -0.39 is 56.3 Å². The van der Waals surface area contributed by atoms with Gasteiger partial charge < -0.3 is 33.8 Å². The van der Waals surface area contributed by atoms with Crippen LogP contribution in [0.5, 0.6) is 0 Å². The van der Waals surface area contributed by atoms with Gasteiger partial charge in [-0.2, -0.15) is 0 Å². The summed E-state index contributed by atoms with van der Waals surface area (Å²) in [6, 6.07) is 0. The predicted molar refractivity (Wildman–Crippen MR) is 194 cm³/mol. The molecule has 0 saturated carbocycles. The Morgan fingerprint density at radius 3 is 2.75 bits per heavy atom. The van der Waals surface area contributed by atoms with Crippen LogP contribution in [-0.4, -0.2) is 98.1 Å². The van der Waals surface area contributed by atoms with Gasteiger partial charge in [-0.1, -0.05) is 18.3 Å². The number of methoxy groups -OCH3 is 1. The first kappa shape index (κ1) is 37.9. The van der Waals surface area contributed by atoms with Crippen molar-refractivity contribution in [1.82, 2.24) is 34.4 Å². The molecule has 4 aliphatic heterocycles. The first-order valence-electron chi connectivity index (χ1n) is 16.7. The normalized spacial score (nSPS) is 32.3. The Bertz CT molecular complexity index is 1890. The topological polar surface area (TPSA) is 205 Å². The zero-order valence-corrected chi connectivity index (χ0v) is 32.7. The van der Waals surface area contributed by atoms with Gasteiger partial charge in [-0.3, -0.25) is 27.8 Å². The second-order valence-corrected chi connectivity index (χ2v) is 21.5. The van der Waals surface area contributed by atoms with Crippen molar-refractivity contribution in [3.05, 3.63) is 35.0 Å². The Morgan fingerprint density at radius 1 is 1.12 bits per heavy atom. The Labute approximate surface area is 308 Å². The predicted octanol–water partition coefficient (Wildman–Crippen LogP) is 4.69. The summed E-state index contributed by atoms with van der Waals surface area (Å²) in [6.07, 6.45) is 4.08. The molecule has 284 valence electrons. The van der Waals surface area contributed by atoms with Crippen LogP contribution in [0.4, 0.5) is 5.82 Å². The van der Waals surface area contributed by atoms with Crippen LogP contribution >= 0.6 is 36.9 Å². The second kappa shape index (κ2) is 15.8. The van der Waals surface area contributed by atoms with Crippen molar-refractivity contribution in [2.45, 2.75) is 71.4 Å². The SMILES string of the molecule is COCSP1C[C@@H]2C(COP(=O)(SCOC(=O)C(C)(C)C)O[C@H]3CC(n4cnc5c4N=CNC5)OC3CO1)OC(n1cnc3c(=O)[nH]cnc31)C2C. The zero-order chi connectivity index (χ0) is 36.6. The lowest BCUT2D eigenvalue weighted by Gasteiger charge is -2.30. The number of hydrogen-bond acceptors (Lipinski definition) is 17. The fraction of sp³-hybridized carbons (Fsp3) is 0.667. The van der Waals surface area contributed by atoms with Crippen LogP contribution in [0, 0.1) is 17.3 Å². The molecule has 52 heavy (non-hydrogen) atoms. The van der Waals surface area contributed by atoms with Gasteiger partial charge in [0.2, 0.25) is 0 Å². The van der Waals surface area contributed by atoms with Gasteiger partial charge >= 0.3 is 12.8 Å². The lowest BCUT2D eigenvalue weighted by atomic mass is 9.93. The van der Waals surface area contributed by atoms with Crippen molar-refractivity contribution in [3.63, 3.8) is 0 Å². The average Bonchev–Trinajstić information content (AvgIpc) is 3.89. The summed E-state index contributed by atoms with van der Waals surface area (Å²) >= 11 is 2.37. The van der Waals surface area contributed by atoms with E-state index in [0.717, 1.165) is 17.1 Å². The van der Waals surface area contributed by atoms with Gasteiger partial charge in [0, 0.05) is 42.9 Å². The summed E-state index contributed by atoms with van der Waals surface area (Å²) in [4.78, 5) is 45.2. The van der Waals surface area contributed by atoms with Crippen molar-refractivity contribution in [2.24, 2.45) is 22.2 Å². The fourth-order valence-corrected chi connectivity index (χ4v) is 12.9. The highest BCUT2D eigenvalue weighted by molar-refractivity contribution is 8.55. The van der Waals surface area contributed by atoms with E-state index in [2.05, 4.69) is 37.2 Å². The molecule has 0 aromatic carbocycles. The van der Waals surface area contributed by atoms with Crippen molar-refractivity contribution in [3.8, 4) is 0 Å². The number of aromatic nitrogens is 6. The highest BCUT2D eigenvalue weighted by atomic mass is 32.7. The first-order chi connectivity index (χ1) is 24.9. The van der Waals surface area contributed by atoms with Crippen LogP contribution < -0.4 is 10.9 Å². The monoisotopic (exact) mass is 800 g/mol. The quantitative estimate of drug-likeness (QED) is 0.180. The van der Waals surface area contributed by atoms with E-state index in [9.17, 15) is 14.2 Å². The summed E-state index contributed by atoms with van der Waals surface area (Å²) in [5.74, 6) is 0.104. The number of nitrogens with one attached hydrogen (secondary N) is 2. The van der Waals surface area contributed by atoms with Gasteiger partial charge in [-0.15, -0.1) is 0 Å². The summed E-state index contributed by atoms with van der Waals surface area (Å²) in [6.45, 7) is 3.82. The number of hydrogen-bond donors (Lipinski definition) is 2. The molecule has 7 unspecified atom stereocenters. The van der Waals surface area contributed by atoms with E-state index in [1.807, 2.05) is 4.57 Å². The molecule has 3 aromatic heterocycles. The molecule has 18 nitrogen and oxygen atoms in total. The van der Waals surface area contributed by atoms with Crippen molar-refractivity contribution < 1.29 is 41.9 Å². The van der Waals surface area contributed by atoms with Gasteiger partial charge in [0.1, 0.15) is 36.3 Å². The molecule has 0 bridgehead atoms. The molecule has 3 fully saturated rings. The van der Waals surface area contributed by atoms with Crippen LogP contribution in [0.2, 0.25) is 0 Å². The van der Waals surface area contributed by atoms with Crippen LogP contribution in [0.25, 0.3) is 11.2 Å². The first-order valence-corrected chi connectivity index (χ1v) is 22.9. The van der Waals surface area contributed by atoms with Crippen LogP contribution in [0.1, 0.15) is 52.3 Å². The lowest BCUT2D eigenvalue weighted by Crippen LogP contribution is -2.31. The minimum absolute atomic E-state index is 0.0970. The number of aromatic amines is 1. The summed E-state index contributed by atoms with van der Waals surface area (Å²) in [5, 5.41) is 3.06. The molecule has 7 rings (SSSR count).